The molecule has 148 valence electrons. The number of rotatable bonds is 5. The fourth-order valence-electron chi connectivity index (χ4n) is 3.64. The molecule has 0 bridgehead atoms. The van der Waals surface area contributed by atoms with Crippen molar-refractivity contribution in [3.05, 3.63) is 23.8 Å². The molecule has 1 heterocycles. The number of nitrogens with one attached hydrogen (secondary N) is 1. The molecule has 0 radical (unpaired) electrons. The maximum Gasteiger partial charge on any atom is 0.494 e. The van der Waals surface area contributed by atoms with Crippen molar-refractivity contribution in [2.24, 2.45) is 0 Å². The summed E-state index contributed by atoms with van der Waals surface area (Å²) in [4.78, 5) is 12.8. The molecule has 2 aliphatic rings. The van der Waals surface area contributed by atoms with E-state index in [9.17, 15) is 4.79 Å². The van der Waals surface area contributed by atoms with Crippen LogP contribution in [0.4, 0.5) is 0 Å². The van der Waals surface area contributed by atoms with E-state index in [1.54, 1.807) is 0 Å². The Morgan fingerprint density at radius 2 is 1.78 bits per heavy atom. The average molecular weight is 373 g/mol. The van der Waals surface area contributed by atoms with Crippen LogP contribution in [0.2, 0.25) is 0 Å². The van der Waals surface area contributed by atoms with Gasteiger partial charge in [-0.2, -0.15) is 0 Å². The van der Waals surface area contributed by atoms with Crippen LogP contribution in [0.25, 0.3) is 0 Å². The minimum Gasteiger partial charge on any atom is -0.493 e. The number of carbonyl (C=O) groups excluding carboxylic acids is 1. The van der Waals surface area contributed by atoms with E-state index in [0.29, 0.717) is 17.9 Å². The highest BCUT2D eigenvalue weighted by atomic mass is 16.7. The van der Waals surface area contributed by atoms with Gasteiger partial charge < -0.3 is 19.4 Å². The van der Waals surface area contributed by atoms with Crippen LogP contribution in [0, 0.1) is 0 Å². The van der Waals surface area contributed by atoms with E-state index in [-0.39, 0.29) is 11.9 Å². The second-order valence-corrected chi connectivity index (χ2v) is 8.59. The third-order valence-electron chi connectivity index (χ3n) is 6.02. The number of ether oxygens (including phenoxy) is 1. The number of carbonyl (C=O) groups is 1. The molecule has 5 nitrogen and oxygen atoms in total. The lowest BCUT2D eigenvalue weighted by atomic mass is 9.78. The van der Waals surface area contributed by atoms with Crippen molar-refractivity contribution in [1.29, 1.82) is 0 Å². The first-order valence-electron chi connectivity index (χ1n) is 10.2. The van der Waals surface area contributed by atoms with Gasteiger partial charge in [-0.3, -0.25) is 4.79 Å². The summed E-state index contributed by atoms with van der Waals surface area (Å²) < 4.78 is 18.0. The highest BCUT2D eigenvalue weighted by Gasteiger charge is 2.51. The van der Waals surface area contributed by atoms with Crippen LogP contribution < -0.4 is 15.5 Å². The van der Waals surface area contributed by atoms with Gasteiger partial charge in [-0.1, -0.05) is 25.3 Å². The van der Waals surface area contributed by atoms with E-state index in [4.69, 9.17) is 14.0 Å². The van der Waals surface area contributed by atoms with Gasteiger partial charge in [0.2, 0.25) is 0 Å². The maximum absolute atomic E-state index is 12.8. The van der Waals surface area contributed by atoms with Crippen LogP contribution in [-0.2, 0) is 9.31 Å². The molecular formula is C21H32BNO4. The van der Waals surface area contributed by atoms with Gasteiger partial charge in [-0.15, -0.1) is 0 Å². The van der Waals surface area contributed by atoms with E-state index in [1.165, 1.54) is 19.3 Å². The first-order valence-corrected chi connectivity index (χ1v) is 10.2. The van der Waals surface area contributed by atoms with E-state index in [2.05, 4.69) is 5.32 Å². The molecule has 2 fully saturated rings. The van der Waals surface area contributed by atoms with Crippen LogP contribution in [-0.4, -0.2) is 36.9 Å². The third-order valence-corrected chi connectivity index (χ3v) is 6.02. The van der Waals surface area contributed by atoms with Gasteiger partial charge in [0.1, 0.15) is 5.75 Å². The van der Waals surface area contributed by atoms with Crippen molar-refractivity contribution in [3.8, 4) is 5.75 Å². The number of hydrogen-bond donors (Lipinski definition) is 1. The normalized spacial score (nSPS) is 21.9. The predicted octanol–water partition coefficient (Wildman–Crippen LogP) is 3.45. The standard InChI is InChI=1S/C21H32BNO4/c1-6-25-18-14-15(22-26-20(2,3)21(4,5)27-22)12-13-17(18)19(24)23-16-10-8-7-9-11-16/h12-14,16H,6-11H2,1-5H3,(H,23,24). The van der Waals surface area contributed by atoms with Gasteiger partial charge in [0, 0.05) is 6.04 Å². The molecular weight excluding hydrogens is 341 g/mol. The average Bonchev–Trinajstić information content (AvgIpc) is 2.83. The van der Waals surface area contributed by atoms with E-state index >= 15 is 0 Å². The summed E-state index contributed by atoms with van der Waals surface area (Å²) in [6.07, 6.45) is 5.75. The van der Waals surface area contributed by atoms with Crippen molar-refractivity contribution < 1.29 is 18.8 Å². The first-order chi connectivity index (χ1) is 12.7. The molecule has 1 saturated carbocycles. The molecule has 1 amide bonds. The first kappa shape index (κ1) is 20.2. The van der Waals surface area contributed by atoms with Gasteiger partial charge in [-0.25, -0.2) is 0 Å². The molecule has 27 heavy (non-hydrogen) atoms. The second-order valence-electron chi connectivity index (χ2n) is 8.59. The Balaban J connectivity index is 1.79. The van der Waals surface area contributed by atoms with Gasteiger partial charge >= 0.3 is 7.12 Å². The molecule has 0 spiro atoms. The molecule has 0 unspecified atom stereocenters. The molecule has 1 aliphatic carbocycles. The van der Waals surface area contributed by atoms with Crippen LogP contribution in [0.5, 0.6) is 5.75 Å². The topological polar surface area (TPSA) is 56.8 Å². The Hall–Kier alpha value is -1.53. The Labute approximate surface area is 163 Å². The van der Waals surface area contributed by atoms with Crippen LogP contribution in [0.15, 0.2) is 18.2 Å². The van der Waals surface area contributed by atoms with Crippen LogP contribution in [0.3, 0.4) is 0 Å². The smallest absolute Gasteiger partial charge is 0.493 e. The fraction of sp³-hybridized carbons (Fsp3) is 0.667. The fourth-order valence-corrected chi connectivity index (χ4v) is 3.64. The molecule has 3 rings (SSSR count). The predicted molar refractivity (Wildman–Crippen MR) is 108 cm³/mol. The largest absolute Gasteiger partial charge is 0.494 e. The van der Waals surface area contributed by atoms with Crippen molar-refractivity contribution in [3.63, 3.8) is 0 Å². The summed E-state index contributed by atoms with van der Waals surface area (Å²) in [5, 5.41) is 3.17. The minimum atomic E-state index is -0.468. The third kappa shape index (κ3) is 4.32. The van der Waals surface area contributed by atoms with Gasteiger partial charge in [-0.05, 0) is 65.1 Å². The summed E-state index contributed by atoms with van der Waals surface area (Å²) in [6, 6.07) is 5.87. The Morgan fingerprint density at radius 3 is 2.37 bits per heavy atom. The molecule has 0 atom stereocenters. The SMILES string of the molecule is CCOc1cc(B2OC(C)(C)C(C)(C)O2)ccc1C(=O)NC1CCCCC1. The van der Waals surface area contributed by atoms with Crippen LogP contribution in [0.1, 0.15) is 77.1 Å². The lowest BCUT2D eigenvalue weighted by Gasteiger charge is -2.32. The summed E-state index contributed by atoms with van der Waals surface area (Å²) >= 11 is 0. The molecule has 1 aliphatic heterocycles. The van der Waals surface area contributed by atoms with Crippen molar-refractivity contribution in [1.82, 2.24) is 5.32 Å². The number of amides is 1. The quantitative estimate of drug-likeness (QED) is 0.804. The zero-order chi connectivity index (χ0) is 19.7. The zero-order valence-corrected chi connectivity index (χ0v) is 17.3. The van der Waals surface area contributed by atoms with Crippen molar-refractivity contribution in [2.45, 2.75) is 84.0 Å². The monoisotopic (exact) mass is 373 g/mol. The highest BCUT2D eigenvalue weighted by Crippen LogP contribution is 2.36. The molecule has 1 aromatic carbocycles. The Kier molecular flexibility index (Phi) is 5.87. The van der Waals surface area contributed by atoms with Gasteiger partial charge in [0.25, 0.3) is 5.91 Å². The van der Waals surface area contributed by atoms with Gasteiger partial charge in [0.05, 0.1) is 23.4 Å². The van der Waals surface area contributed by atoms with Gasteiger partial charge in [0.15, 0.2) is 0 Å². The van der Waals surface area contributed by atoms with E-state index in [1.807, 2.05) is 52.8 Å². The summed E-state index contributed by atoms with van der Waals surface area (Å²) in [5.41, 5.74) is 0.634. The van der Waals surface area contributed by atoms with Crippen LogP contribution >= 0.6 is 0 Å². The Bertz CT molecular complexity index is 667. The molecule has 1 N–H and O–H groups in total. The number of benzene rings is 1. The molecule has 0 aromatic heterocycles. The van der Waals surface area contributed by atoms with E-state index in [0.717, 1.165) is 18.3 Å². The minimum absolute atomic E-state index is 0.0641. The van der Waals surface area contributed by atoms with E-state index < -0.39 is 18.3 Å². The molecule has 1 aromatic rings. The Morgan fingerprint density at radius 1 is 1.15 bits per heavy atom. The van der Waals surface area contributed by atoms with Crippen molar-refractivity contribution >= 4 is 18.5 Å². The summed E-state index contributed by atoms with van der Waals surface area (Å²) in [5.74, 6) is 0.517. The lowest BCUT2D eigenvalue weighted by molar-refractivity contribution is 0.00578. The lowest BCUT2D eigenvalue weighted by Crippen LogP contribution is -2.41. The zero-order valence-electron chi connectivity index (χ0n) is 17.3. The maximum atomic E-state index is 12.8. The summed E-state index contributed by atoms with van der Waals surface area (Å²) in [7, 11) is -0.468. The molecule has 1 saturated heterocycles. The second kappa shape index (κ2) is 7.84. The summed E-state index contributed by atoms with van der Waals surface area (Å²) in [6.45, 7) is 10.5. The highest BCUT2D eigenvalue weighted by molar-refractivity contribution is 6.62. The number of hydrogen-bond acceptors (Lipinski definition) is 4. The van der Waals surface area contributed by atoms with Crippen molar-refractivity contribution in [2.75, 3.05) is 6.61 Å². The molecule has 6 heteroatoms.